The zero-order valence-electron chi connectivity index (χ0n) is 9.01. The summed E-state index contributed by atoms with van der Waals surface area (Å²) in [5, 5.41) is 0. The van der Waals surface area contributed by atoms with Crippen LogP contribution in [0.2, 0.25) is 0 Å². The molecule has 0 fully saturated rings. The van der Waals surface area contributed by atoms with E-state index in [-0.39, 0.29) is 18.6 Å². The molecule has 1 rings (SSSR count). The second-order valence-corrected chi connectivity index (χ2v) is 3.53. The van der Waals surface area contributed by atoms with E-state index < -0.39 is 30.7 Å². The van der Waals surface area contributed by atoms with Crippen LogP contribution in [0.1, 0.15) is 18.0 Å². The first-order chi connectivity index (χ1) is 8.00. The van der Waals surface area contributed by atoms with Gasteiger partial charge < -0.3 is 10.5 Å². The van der Waals surface area contributed by atoms with Crippen molar-refractivity contribution in [2.75, 3.05) is 13.2 Å². The highest BCUT2D eigenvalue weighted by Gasteiger charge is 2.12. The Bertz CT molecular complexity index is 359. The van der Waals surface area contributed by atoms with Crippen molar-refractivity contribution in [3.8, 4) is 0 Å². The first kappa shape index (κ1) is 13.9. The van der Waals surface area contributed by atoms with E-state index in [1.165, 1.54) is 0 Å². The van der Waals surface area contributed by atoms with Crippen LogP contribution >= 0.6 is 0 Å². The lowest BCUT2D eigenvalue weighted by molar-refractivity contribution is 0.0151. The van der Waals surface area contributed by atoms with Gasteiger partial charge in [0.05, 0.1) is 0 Å². The molecule has 0 saturated carbocycles. The van der Waals surface area contributed by atoms with Gasteiger partial charge in [0.2, 0.25) is 0 Å². The van der Waals surface area contributed by atoms with Crippen molar-refractivity contribution >= 4 is 0 Å². The third kappa shape index (κ3) is 4.70. The molecule has 6 heteroatoms. The molecule has 2 nitrogen and oxygen atoms in total. The zero-order chi connectivity index (χ0) is 12.8. The van der Waals surface area contributed by atoms with E-state index in [4.69, 9.17) is 5.73 Å². The number of halogens is 4. The number of rotatable bonds is 6. The van der Waals surface area contributed by atoms with Crippen molar-refractivity contribution in [1.29, 1.82) is 0 Å². The van der Waals surface area contributed by atoms with Gasteiger partial charge in [-0.1, -0.05) is 0 Å². The number of hydrogen-bond donors (Lipinski definition) is 1. The third-order valence-corrected chi connectivity index (χ3v) is 2.17. The Morgan fingerprint density at radius 2 is 1.94 bits per heavy atom. The Balaban J connectivity index is 2.46. The highest BCUT2D eigenvalue weighted by Crippen LogP contribution is 2.19. The number of nitrogens with two attached hydrogens (primary N) is 1. The average Bonchev–Trinajstić information content (AvgIpc) is 2.27. The molecule has 0 bridgehead atoms. The molecule has 1 aromatic carbocycles. The zero-order valence-corrected chi connectivity index (χ0v) is 9.01. The van der Waals surface area contributed by atoms with Crippen molar-refractivity contribution in [3.63, 3.8) is 0 Å². The Kier molecular flexibility index (Phi) is 5.37. The van der Waals surface area contributed by atoms with Crippen molar-refractivity contribution in [1.82, 2.24) is 0 Å². The van der Waals surface area contributed by atoms with Crippen LogP contribution in [0.3, 0.4) is 0 Å². The van der Waals surface area contributed by atoms with Gasteiger partial charge in [-0.25, -0.2) is 17.6 Å². The van der Waals surface area contributed by atoms with Crippen LogP contribution in [0.15, 0.2) is 18.2 Å². The summed E-state index contributed by atoms with van der Waals surface area (Å²) in [6, 6.07) is 2.18. The van der Waals surface area contributed by atoms with Crippen LogP contribution in [0.4, 0.5) is 17.6 Å². The van der Waals surface area contributed by atoms with Gasteiger partial charge in [0.25, 0.3) is 6.43 Å². The lowest BCUT2D eigenvalue weighted by atomic mass is 10.0. The minimum absolute atomic E-state index is 0.0191. The van der Waals surface area contributed by atoms with Crippen LogP contribution < -0.4 is 5.73 Å². The van der Waals surface area contributed by atoms with Crippen molar-refractivity contribution in [3.05, 3.63) is 35.4 Å². The first-order valence-corrected chi connectivity index (χ1v) is 5.07. The van der Waals surface area contributed by atoms with Crippen LogP contribution in [0.5, 0.6) is 0 Å². The third-order valence-electron chi connectivity index (χ3n) is 2.17. The van der Waals surface area contributed by atoms with E-state index in [2.05, 4.69) is 4.74 Å². The summed E-state index contributed by atoms with van der Waals surface area (Å²) in [5.41, 5.74) is 5.63. The summed E-state index contributed by atoms with van der Waals surface area (Å²) in [7, 11) is 0. The maximum atomic E-state index is 13.2. The smallest absolute Gasteiger partial charge is 0.261 e. The molecule has 1 aromatic rings. The summed E-state index contributed by atoms with van der Waals surface area (Å²) in [5.74, 6) is -1.21. The molecule has 0 aliphatic heterocycles. The predicted molar refractivity (Wildman–Crippen MR) is 54.7 cm³/mol. The van der Waals surface area contributed by atoms with E-state index in [0.717, 1.165) is 18.2 Å². The van der Waals surface area contributed by atoms with E-state index in [0.29, 0.717) is 0 Å². The highest BCUT2D eigenvalue weighted by atomic mass is 19.3. The fraction of sp³-hybridized carbons (Fsp3) is 0.455. The van der Waals surface area contributed by atoms with Crippen molar-refractivity contribution < 1.29 is 22.3 Å². The van der Waals surface area contributed by atoms with Gasteiger partial charge in [-0.05, 0) is 24.6 Å². The molecule has 96 valence electrons. The second kappa shape index (κ2) is 6.56. The maximum absolute atomic E-state index is 13.2. The second-order valence-electron chi connectivity index (χ2n) is 3.53. The van der Waals surface area contributed by atoms with E-state index >= 15 is 0 Å². The van der Waals surface area contributed by atoms with Gasteiger partial charge in [0.1, 0.15) is 18.2 Å². The van der Waals surface area contributed by atoms with Gasteiger partial charge in [0, 0.05) is 18.2 Å². The maximum Gasteiger partial charge on any atom is 0.261 e. The number of benzene rings is 1. The van der Waals surface area contributed by atoms with Crippen molar-refractivity contribution in [2.45, 2.75) is 18.9 Å². The monoisotopic (exact) mass is 251 g/mol. The molecule has 1 atom stereocenters. The minimum Gasteiger partial charge on any atom is -0.375 e. The standard InChI is InChI=1S/C11H13F4NO/c12-7-1-2-9(13)8(5-7)10(16)3-4-17-6-11(14)15/h1-2,5,10-11H,3-4,6,16H2. The van der Waals surface area contributed by atoms with Crippen LogP contribution in [0, 0.1) is 11.6 Å². The molecule has 0 aliphatic rings. The number of ether oxygens (including phenoxy) is 1. The quantitative estimate of drug-likeness (QED) is 0.623. The van der Waals surface area contributed by atoms with Gasteiger partial charge in [-0.15, -0.1) is 0 Å². The summed E-state index contributed by atoms with van der Waals surface area (Å²) in [6.07, 6.45) is -2.40. The van der Waals surface area contributed by atoms with Crippen molar-refractivity contribution in [2.24, 2.45) is 5.73 Å². The van der Waals surface area contributed by atoms with E-state index in [9.17, 15) is 17.6 Å². The molecular weight excluding hydrogens is 238 g/mol. The van der Waals surface area contributed by atoms with Gasteiger partial charge in [-0.2, -0.15) is 0 Å². The Morgan fingerprint density at radius 3 is 2.59 bits per heavy atom. The lowest BCUT2D eigenvalue weighted by Crippen LogP contribution is -2.16. The van der Waals surface area contributed by atoms with E-state index in [1.807, 2.05) is 0 Å². The molecule has 0 aliphatic carbocycles. The topological polar surface area (TPSA) is 35.2 Å². The summed E-state index contributed by atoms with van der Waals surface area (Å²) in [4.78, 5) is 0. The fourth-order valence-corrected chi connectivity index (χ4v) is 1.34. The average molecular weight is 251 g/mol. The summed E-state index contributed by atoms with van der Waals surface area (Å²) >= 11 is 0. The fourth-order valence-electron chi connectivity index (χ4n) is 1.34. The van der Waals surface area contributed by atoms with Gasteiger partial charge >= 0.3 is 0 Å². The first-order valence-electron chi connectivity index (χ1n) is 5.07. The number of alkyl halides is 2. The molecule has 0 spiro atoms. The molecule has 1 unspecified atom stereocenters. The molecule has 0 radical (unpaired) electrons. The molecule has 0 saturated heterocycles. The van der Waals surface area contributed by atoms with E-state index in [1.54, 1.807) is 0 Å². The minimum atomic E-state index is -2.54. The molecule has 0 heterocycles. The Hall–Kier alpha value is -1.14. The van der Waals surface area contributed by atoms with Crippen LogP contribution in [0.25, 0.3) is 0 Å². The van der Waals surface area contributed by atoms with Gasteiger partial charge in [-0.3, -0.25) is 0 Å². The van der Waals surface area contributed by atoms with Gasteiger partial charge in [0.15, 0.2) is 0 Å². The Labute approximate surface area is 96.4 Å². The molecular formula is C11H13F4NO. The normalized spacial score (nSPS) is 13.1. The molecule has 0 amide bonds. The molecule has 0 aromatic heterocycles. The summed E-state index contributed by atoms with van der Waals surface area (Å²) in [6.45, 7) is -0.709. The predicted octanol–water partition coefficient (Wildman–Crippen LogP) is 2.64. The Morgan fingerprint density at radius 1 is 1.24 bits per heavy atom. The molecule has 2 N–H and O–H groups in total. The highest BCUT2D eigenvalue weighted by molar-refractivity contribution is 5.21. The van der Waals surface area contributed by atoms with Crippen LogP contribution in [-0.4, -0.2) is 19.6 Å². The summed E-state index contributed by atoms with van der Waals surface area (Å²) < 4.78 is 54.2. The SMILES string of the molecule is NC(CCOCC(F)F)c1cc(F)ccc1F. The van der Waals surface area contributed by atoms with Crippen LogP contribution in [-0.2, 0) is 4.74 Å². The largest absolute Gasteiger partial charge is 0.375 e. The number of hydrogen-bond acceptors (Lipinski definition) is 2. The molecule has 17 heavy (non-hydrogen) atoms. The lowest BCUT2D eigenvalue weighted by Gasteiger charge is -2.13.